The first kappa shape index (κ1) is 18.6. The van der Waals surface area contributed by atoms with Crippen molar-refractivity contribution in [2.24, 2.45) is 0 Å². The van der Waals surface area contributed by atoms with Crippen molar-refractivity contribution in [3.05, 3.63) is 72.3 Å². The smallest absolute Gasteiger partial charge is 0.344 e. The molecule has 2 aromatic rings. The number of hydrogen-bond acceptors (Lipinski definition) is 7. The molecule has 0 atom stereocenters. The largest absolute Gasteiger partial charge is 0.416 e. The number of nitro groups is 3. The highest BCUT2D eigenvalue weighted by Crippen LogP contribution is 2.40. The lowest BCUT2D eigenvalue weighted by Crippen LogP contribution is -2.06. The molecule has 26 heavy (non-hydrogen) atoms. The maximum Gasteiger partial charge on any atom is 0.416 e. The van der Waals surface area contributed by atoms with Crippen LogP contribution in [0.2, 0.25) is 0 Å². The lowest BCUT2D eigenvalue weighted by Gasteiger charge is -2.11. The highest BCUT2D eigenvalue weighted by molar-refractivity contribution is 5.81. The van der Waals surface area contributed by atoms with E-state index >= 15 is 0 Å². The van der Waals surface area contributed by atoms with Crippen LogP contribution in [0.25, 0.3) is 0 Å². The van der Waals surface area contributed by atoms with E-state index in [0.29, 0.717) is 18.2 Å². The number of nitrogens with zero attached hydrogens (tertiary/aromatic N) is 3. The third-order valence-electron chi connectivity index (χ3n) is 3.14. The molecule has 136 valence electrons. The van der Waals surface area contributed by atoms with Gasteiger partial charge in [-0.25, -0.2) is 0 Å². The molecule has 0 saturated carbocycles. The minimum absolute atomic E-state index is 0.320. The number of hydrogen-bond donors (Lipinski definition) is 1. The van der Waals surface area contributed by atoms with Crippen LogP contribution in [0.1, 0.15) is 5.56 Å². The Morgan fingerprint density at radius 2 is 1.38 bits per heavy atom. The monoisotopic (exact) mass is 372 g/mol. The second-order valence-corrected chi connectivity index (χ2v) is 4.83. The summed E-state index contributed by atoms with van der Waals surface area (Å²) in [5.74, 6) is 0. The number of halogens is 3. The first-order chi connectivity index (χ1) is 12.0. The van der Waals surface area contributed by atoms with Crippen molar-refractivity contribution in [1.82, 2.24) is 0 Å². The number of benzene rings is 2. The summed E-state index contributed by atoms with van der Waals surface area (Å²) in [5.41, 5.74) is -5.14. The van der Waals surface area contributed by atoms with Crippen LogP contribution >= 0.6 is 0 Å². The maximum atomic E-state index is 12.7. The summed E-state index contributed by atoms with van der Waals surface area (Å²) in [5, 5.41) is 35.2. The van der Waals surface area contributed by atoms with Crippen molar-refractivity contribution in [2.75, 3.05) is 5.32 Å². The van der Waals surface area contributed by atoms with E-state index in [4.69, 9.17) is 0 Å². The van der Waals surface area contributed by atoms with Gasteiger partial charge in [0, 0.05) is 5.69 Å². The number of nitrogens with one attached hydrogen (secondary N) is 1. The van der Waals surface area contributed by atoms with E-state index in [1.165, 1.54) is 0 Å². The fourth-order valence-corrected chi connectivity index (χ4v) is 2.04. The molecule has 0 spiro atoms. The fourth-order valence-electron chi connectivity index (χ4n) is 2.04. The topological polar surface area (TPSA) is 141 Å². The van der Waals surface area contributed by atoms with E-state index in [-0.39, 0.29) is 5.69 Å². The van der Waals surface area contributed by atoms with Gasteiger partial charge in [-0.3, -0.25) is 30.3 Å². The predicted molar refractivity (Wildman–Crippen MR) is 81.1 cm³/mol. The summed E-state index contributed by atoms with van der Waals surface area (Å²) in [4.78, 5) is 29.8. The number of alkyl halides is 3. The molecule has 0 aliphatic heterocycles. The van der Waals surface area contributed by atoms with Gasteiger partial charge >= 0.3 is 17.6 Å². The third kappa shape index (κ3) is 3.82. The lowest BCUT2D eigenvalue weighted by atomic mass is 10.1. The first-order valence-corrected chi connectivity index (χ1v) is 6.56. The molecule has 10 nitrogen and oxygen atoms in total. The first-order valence-electron chi connectivity index (χ1n) is 6.56. The van der Waals surface area contributed by atoms with Crippen molar-refractivity contribution in [2.45, 2.75) is 6.18 Å². The number of non-ortho nitro benzene ring substituents is 1. The Kier molecular flexibility index (Phi) is 4.73. The number of rotatable bonds is 5. The van der Waals surface area contributed by atoms with Crippen molar-refractivity contribution >= 4 is 28.4 Å². The van der Waals surface area contributed by atoms with Gasteiger partial charge in [0.1, 0.15) is 0 Å². The normalized spacial score (nSPS) is 11.0. The van der Waals surface area contributed by atoms with Crippen LogP contribution in [-0.4, -0.2) is 14.8 Å². The van der Waals surface area contributed by atoms with E-state index in [9.17, 15) is 43.5 Å². The van der Waals surface area contributed by atoms with Gasteiger partial charge < -0.3 is 5.32 Å². The van der Waals surface area contributed by atoms with Crippen LogP contribution < -0.4 is 5.32 Å². The summed E-state index contributed by atoms with van der Waals surface area (Å²) in [6.45, 7) is 0. The molecule has 0 aliphatic carbocycles. The minimum atomic E-state index is -4.70. The van der Waals surface area contributed by atoms with Crippen molar-refractivity contribution in [1.29, 1.82) is 0 Å². The van der Waals surface area contributed by atoms with E-state index in [0.717, 1.165) is 18.2 Å². The van der Waals surface area contributed by atoms with E-state index in [2.05, 4.69) is 5.32 Å². The summed E-state index contributed by atoms with van der Waals surface area (Å²) in [7, 11) is 0. The molecule has 2 rings (SSSR count). The molecule has 13 heteroatoms. The van der Waals surface area contributed by atoms with Gasteiger partial charge in [0.2, 0.25) is 0 Å². The second-order valence-electron chi connectivity index (χ2n) is 4.83. The number of nitro benzene ring substituents is 3. The Bertz CT molecular complexity index is 880. The highest BCUT2D eigenvalue weighted by atomic mass is 19.4. The average molecular weight is 372 g/mol. The van der Waals surface area contributed by atoms with Crippen LogP contribution in [0.5, 0.6) is 0 Å². The van der Waals surface area contributed by atoms with Gasteiger partial charge in [0.25, 0.3) is 5.69 Å². The van der Waals surface area contributed by atoms with Crippen molar-refractivity contribution in [3.63, 3.8) is 0 Å². The summed E-state index contributed by atoms with van der Waals surface area (Å²) in [6, 6.07) is 4.38. The van der Waals surface area contributed by atoms with Crippen LogP contribution in [0.15, 0.2) is 36.4 Å². The number of anilines is 2. The summed E-state index contributed by atoms with van der Waals surface area (Å²) in [6.07, 6.45) is -4.70. The summed E-state index contributed by atoms with van der Waals surface area (Å²) >= 11 is 0. The van der Waals surface area contributed by atoms with E-state index in [1.807, 2.05) is 0 Å². The SMILES string of the molecule is O=[N+]([O-])c1cc([N+](=O)[O-])c(Nc2cccc(C(F)(F)F)c2)c([N+](=O)[O-])c1. The molecule has 0 unspecified atom stereocenters. The minimum Gasteiger partial charge on any atom is -0.344 e. The zero-order valence-corrected chi connectivity index (χ0v) is 12.4. The average Bonchev–Trinajstić information content (AvgIpc) is 2.53. The molecular weight excluding hydrogens is 365 g/mol. The highest BCUT2D eigenvalue weighted by Gasteiger charge is 2.33. The van der Waals surface area contributed by atoms with Crippen molar-refractivity contribution < 1.29 is 27.9 Å². The maximum absolute atomic E-state index is 12.7. The molecule has 0 aliphatic rings. The van der Waals surface area contributed by atoms with Crippen LogP contribution in [0, 0.1) is 30.3 Å². The van der Waals surface area contributed by atoms with Crippen LogP contribution in [0.4, 0.5) is 41.6 Å². The molecule has 0 bridgehead atoms. The Morgan fingerprint density at radius 1 is 0.846 bits per heavy atom. The van der Waals surface area contributed by atoms with Crippen LogP contribution in [0.3, 0.4) is 0 Å². The standard InChI is InChI=1S/C13H7F3N4O6/c14-13(15,16)7-2-1-3-8(4-7)17-12-10(19(23)24)5-9(18(21)22)6-11(12)20(25)26/h1-6,17H. The molecule has 0 saturated heterocycles. The molecule has 0 fully saturated rings. The molecule has 0 aromatic heterocycles. The molecule has 2 aromatic carbocycles. The van der Waals surface area contributed by atoms with E-state index < -0.39 is 49.3 Å². The molecular formula is C13H7F3N4O6. The van der Waals surface area contributed by atoms with Gasteiger partial charge in [-0.1, -0.05) is 6.07 Å². The Balaban J connectivity index is 2.63. The predicted octanol–water partition coefficient (Wildman–Crippen LogP) is 4.17. The fraction of sp³-hybridized carbons (Fsp3) is 0.0769. The molecule has 1 N–H and O–H groups in total. The van der Waals surface area contributed by atoms with Gasteiger partial charge in [-0.05, 0) is 18.2 Å². The molecule has 0 radical (unpaired) electrons. The Morgan fingerprint density at radius 3 is 1.81 bits per heavy atom. The Labute approximate surface area is 141 Å². The van der Waals surface area contributed by atoms with Gasteiger partial charge in [0.05, 0.1) is 32.5 Å². The molecule has 0 heterocycles. The second kappa shape index (κ2) is 6.62. The quantitative estimate of drug-likeness (QED) is 0.613. The summed E-state index contributed by atoms with van der Waals surface area (Å²) < 4.78 is 38.2. The molecule has 0 amide bonds. The van der Waals surface area contributed by atoms with Gasteiger partial charge in [-0.15, -0.1) is 0 Å². The third-order valence-corrected chi connectivity index (χ3v) is 3.14. The Hall–Kier alpha value is -3.77. The van der Waals surface area contributed by atoms with Crippen molar-refractivity contribution in [3.8, 4) is 0 Å². The van der Waals surface area contributed by atoms with Crippen LogP contribution in [-0.2, 0) is 6.18 Å². The lowest BCUT2D eigenvalue weighted by molar-refractivity contribution is -0.401. The van der Waals surface area contributed by atoms with Gasteiger partial charge in [-0.2, -0.15) is 13.2 Å². The van der Waals surface area contributed by atoms with E-state index in [1.54, 1.807) is 0 Å². The van der Waals surface area contributed by atoms with Gasteiger partial charge in [0.15, 0.2) is 5.69 Å². The zero-order chi connectivity index (χ0) is 19.6. The zero-order valence-electron chi connectivity index (χ0n) is 12.4.